The fraction of sp³-hybridized carbons (Fsp3) is 1.00. The first kappa shape index (κ1) is 7.03. The fourth-order valence-corrected chi connectivity index (χ4v) is 1.09. The largest absolute Gasteiger partial charge is 0.390 e. The standard InChI is InChI=1S/C7H14O2/c1-7(2,8)6-3-4-9-5-6/h6,8H,3-5H2,1-2H3. The Balaban J connectivity index is 2.42. The lowest BCUT2D eigenvalue weighted by molar-refractivity contribution is 0.0123. The molecule has 0 radical (unpaired) electrons. The summed E-state index contributed by atoms with van der Waals surface area (Å²) in [6.45, 7) is 5.22. The third kappa shape index (κ3) is 1.66. The third-order valence-corrected chi connectivity index (χ3v) is 1.93. The summed E-state index contributed by atoms with van der Waals surface area (Å²) in [6.07, 6.45) is 1.00. The Morgan fingerprint density at radius 2 is 2.22 bits per heavy atom. The van der Waals surface area contributed by atoms with Gasteiger partial charge < -0.3 is 9.84 Å². The number of aliphatic hydroxyl groups is 1. The van der Waals surface area contributed by atoms with Crippen LogP contribution in [0.1, 0.15) is 20.3 Å². The summed E-state index contributed by atoms with van der Waals surface area (Å²) in [6, 6.07) is 0. The molecule has 1 saturated heterocycles. The SMILES string of the molecule is CC(C)(O)C1CCOC1. The van der Waals surface area contributed by atoms with E-state index in [1.54, 1.807) is 0 Å². The van der Waals surface area contributed by atoms with Crippen molar-refractivity contribution in [3.8, 4) is 0 Å². The lowest BCUT2D eigenvalue weighted by atomic mass is 9.91. The minimum Gasteiger partial charge on any atom is -0.390 e. The molecule has 1 unspecified atom stereocenters. The van der Waals surface area contributed by atoms with Crippen molar-refractivity contribution in [1.82, 2.24) is 0 Å². The maximum Gasteiger partial charge on any atom is 0.0642 e. The average molecular weight is 130 g/mol. The Hall–Kier alpha value is -0.0800. The van der Waals surface area contributed by atoms with Gasteiger partial charge in [0.2, 0.25) is 0 Å². The molecule has 0 saturated carbocycles. The molecule has 1 heterocycles. The molecule has 1 N–H and O–H groups in total. The van der Waals surface area contributed by atoms with Gasteiger partial charge in [-0.05, 0) is 20.3 Å². The summed E-state index contributed by atoms with van der Waals surface area (Å²) in [7, 11) is 0. The van der Waals surface area contributed by atoms with Crippen LogP contribution in [0, 0.1) is 5.92 Å². The second-order valence-corrected chi connectivity index (χ2v) is 3.21. The molecule has 54 valence electrons. The zero-order chi connectivity index (χ0) is 6.91. The van der Waals surface area contributed by atoms with Crippen LogP contribution in [0.3, 0.4) is 0 Å². The fourth-order valence-electron chi connectivity index (χ4n) is 1.09. The molecule has 2 nitrogen and oxygen atoms in total. The molecule has 2 heteroatoms. The predicted octanol–water partition coefficient (Wildman–Crippen LogP) is 0.794. The Morgan fingerprint density at radius 3 is 2.44 bits per heavy atom. The minimum atomic E-state index is -0.545. The van der Waals surface area contributed by atoms with Crippen LogP contribution < -0.4 is 0 Å². The summed E-state index contributed by atoms with van der Waals surface area (Å²) in [4.78, 5) is 0. The molecule has 1 atom stereocenters. The van der Waals surface area contributed by atoms with Crippen LogP contribution in [0.4, 0.5) is 0 Å². The Labute approximate surface area is 55.8 Å². The highest BCUT2D eigenvalue weighted by atomic mass is 16.5. The maximum atomic E-state index is 9.44. The highest BCUT2D eigenvalue weighted by Gasteiger charge is 2.29. The van der Waals surface area contributed by atoms with Crippen LogP contribution in [-0.2, 0) is 4.74 Å². The quantitative estimate of drug-likeness (QED) is 0.568. The van der Waals surface area contributed by atoms with Crippen molar-refractivity contribution in [3.05, 3.63) is 0 Å². The summed E-state index contributed by atoms with van der Waals surface area (Å²) in [5.74, 6) is 0.345. The molecular formula is C7H14O2. The zero-order valence-corrected chi connectivity index (χ0v) is 6.05. The molecule has 1 aliphatic rings. The van der Waals surface area contributed by atoms with E-state index in [1.165, 1.54) is 0 Å². The normalized spacial score (nSPS) is 29.0. The average Bonchev–Trinajstić information content (AvgIpc) is 2.08. The van der Waals surface area contributed by atoms with Gasteiger partial charge in [0.05, 0.1) is 12.2 Å². The smallest absolute Gasteiger partial charge is 0.0642 e. The minimum absolute atomic E-state index is 0.345. The van der Waals surface area contributed by atoms with Crippen LogP contribution in [0.5, 0.6) is 0 Å². The maximum absolute atomic E-state index is 9.44. The third-order valence-electron chi connectivity index (χ3n) is 1.93. The van der Waals surface area contributed by atoms with Crippen molar-refractivity contribution in [2.45, 2.75) is 25.9 Å². The number of rotatable bonds is 1. The van der Waals surface area contributed by atoms with E-state index >= 15 is 0 Å². The van der Waals surface area contributed by atoms with Gasteiger partial charge >= 0.3 is 0 Å². The van der Waals surface area contributed by atoms with Gasteiger partial charge in [0.25, 0.3) is 0 Å². The van der Waals surface area contributed by atoms with Crippen LogP contribution in [0.25, 0.3) is 0 Å². The van der Waals surface area contributed by atoms with Gasteiger partial charge in [-0.2, -0.15) is 0 Å². The first-order valence-electron chi connectivity index (χ1n) is 3.41. The van der Waals surface area contributed by atoms with Crippen LogP contribution in [0.15, 0.2) is 0 Å². The van der Waals surface area contributed by atoms with E-state index in [4.69, 9.17) is 4.74 Å². The van der Waals surface area contributed by atoms with Gasteiger partial charge in [-0.25, -0.2) is 0 Å². The van der Waals surface area contributed by atoms with Gasteiger partial charge in [0.15, 0.2) is 0 Å². The van der Waals surface area contributed by atoms with Gasteiger partial charge in [-0.1, -0.05) is 0 Å². The summed E-state index contributed by atoms with van der Waals surface area (Å²) in [5, 5.41) is 9.44. The Bertz CT molecular complexity index is 87.6. The van der Waals surface area contributed by atoms with Crippen molar-refractivity contribution in [1.29, 1.82) is 0 Å². The lowest BCUT2D eigenvalue weighted by Gasteiger charge is -2.23. The van der Waals surface area contributed by atoms with Crippen LogP contribution in [0.2, 0.25) is 0 Å². The van der Waals surface area contributed by atoms with Crippen LogP contribution >= 0.6 is 0 Å². The highest BCUT2D eigenvalue weighted by molar-refractivity contribution is 4.79. The predicted molar refractivity (Wildman–Crippen MR) is 35.2 cm³/mol. The zero-order valence-electron chi connectivity index (χ0n) is 6.05. The molecule has 0 spiro atoms. The number of hydrogen-bond donors (Lipinski definition) is 1. The summed E-state index contributed by atoms with van der Waals surface area (Å²) >= 11 is 0. The molecule has 1 rings (SSSR count). The summed E-state index contributed by atoms with van der Waals surface area (Å²) < 4.78 is 5.12. The van der Waals surface area contributed by atoms with Gasteiger partial charge in [-0.3, -0.25) is 0 Å². The Kier molecular flexibility index (Phi) is 1.78. The van der Waals surface area contributed by atoms with Gasteiger partial charge in [-0.15, -0.1) is 0 Å². The van der Waals surface area contributed by atoms with E-state index in [2.05, 4.69) is 0 Å². The molecule has 0 bridgehead atoms. The lowest BCUT2D eigenvalue weighted by Crippen LogP contribution is -2.30. The first-order chi connectivity index (χ1) is 4.11. The van der Waals surface area contributed by atoms with E-state index in [1.807, 2.05) is 13.8 Å². The molecule has 1 fully saturated rings. The van der Waals surface area contributed by atoms with Gasteiger partial charge in [0.1, 0.15) is 0 Å². The van der Waals surface area contributed by atoms with E-state index in [-0.39, 0.29) is 0 Å². The van der Waals surface area contributed by atoms with Crippen molar-refractivity contribution >= 4 is 0 Å². The molecule has 0 amide bonds. The second kappa shape index (κ2) is 2.27. The van der Waals surface area contributed by atoms with Crippen molar-refractivity contribution < 1.29 is 9.84 Å². The van der Waals surface area contributed by atoms with Gasteiger partial charge in [0, 0.05) is 12.5 Å². The Morgan fingerprint density at radius 1 is 1.56 bits per heavy atom. The molecule has 0 aromatic carbocycles. The molecule has 0 aromatic rings. The van der Waals surface area contributed by atoms with E-state index in [0.717, 1.165) is 19.6 Å². The monoisotopic (exact) mass is 130 g/mol. The van der Waals surface area contributed by atoms with E-state index in [9.17, 15) is 5.11 Å². The van der Waals surface area contributed by atoms with E-state index < -0.39 is 5.60 Å². The second-order valence-electron chi connectivity index (χ2n) is 3.21. The number of ether oxygens (including phenoxy) is 1. The molecular weight excluding hydrogens is 116 g/mol. The van der Waals surface area contributed by atoms with Crippen molar-refractivity contribution in [3.63, 3.8) is 0 Å². The van der Waals surface area contributed by atoms with E-state index in [0.29, 0.717) is 5.92 Å². The topological polar surface area (TPSA) is 29.5 Å². The molecule has 9 heavy (non-hydrogen) atoms. The molecule has 0 aliphatic carbocycles. The van der Waals surface area contributed by atoms with Crippen molar-refractivity contribution in [2.24, 2.45) is 5.92 Å². The van der Waals surface area contributed by atoms with Crippen molar-refractivity contribution in [2.75, 3.05) is 13.2 Å². The number of hydrogen-bond acceptors (Lipinski definition) is 2. The molecule has 0 aromatic heterocycles. The highest BCUT2D eigenvalue weighted by Crippen LogP contribution is 2.24. The van der Waals surface area contributed by atoms with Crippen LogP contribution in [-0.4, -0.2) is 23.9 Å². The summed E-state index contributed by atoms with van der Waals surface area (Å²) in [5.41, 5.74) is -0.545. The first-order valence-corrected chi connectivity index (χ1v) is 3.41. The molecule has 1 aliphatic heterocycles.